The lowest BCUT2D eigenvalue weighted by Gasteiger charge is -2.28. The normalized spacial score (nSPS) is 11.8. The monoisotopic (exact) mass is 326 g/mol. The highest BCUT2D eigenvalue weighted by Crippen LogP contribution is 2.14. The molecule has 19 heavy (non-hydrogen) atoms. The van der Waals surface area contributed by atoms with Crippen LogP contribution in [0.1, 0.15) is 25.8 Å². The third kappa shape index (κ3) is 4.35. The fourth-order valence-corrected chi connectivity index (χ4v) is 2.05. The number of carbonyl (C=O) groups is 2. The van der Waals surface area contributed by atoms with Gasteiger partial charge in [-0.15, -0.1) is 0 Å². The minimum Gasteiger partial charge on any atom is -0.357 e. The van der Waals surface area contributed by atoms with E-state index in [0.29, 0.717) is 13.0 Å². The van der Waals surface area contributed by atoms with Gasteiger partial charge in [0.1, 0.15) is 6.04 Å². The first-order chi connectivity index (χ1) is 8.99. The maximum atomic E-state index is 12.0. The molecule has 0 aromatic heterocycles. The van der Waals surface area contributed by atoms with Crippen LogP contribution in [0.2, 0.25) is 0 Å². The summed E-state index contributed by atoms with van der Waals surface area (Å²) in [5, 5.41) is 2.58. The Bertz CT molecular complexity index is 445. The second kappa shape index (κ2) is 7.28. The molecule has 104 valence electrons. The molecule has 0 saturated carbocycles. The first kappa shape index (κ1) is 15.7. The Balaban J connectivity index is 2.89. The largest absolute Gasteiger partial charge is 0.357 e. The molecule has 1 atom stereocenters. The summed E-state index contributed by atoms with van der Waals surface area (Å²) in [6.07, 6.45) is 0.387. The van der Waals surface area contributed by atoms with Crippen LogP contribution in [0.25, 0.3) is 0 Å². The molecular weight excluding hydrogens is 308 g/mol. The summed E-state index contributed by atoms with van der Waals surface area (Å²) in [5.41, 5.74) is 1.00. The summed E-state index contributed by atoms with van der Waals surface area (Å²) < 4.78 is 0.990. The maximum absolute atomic E-state index is 12.0. The van der Waals surface area contributed by atoms with Crippen molar-refractivity contribution in [2.75, 3.05) is 7.05 Å². The van der Waals surface area contributed by atoms with Gasteiger partial charge in [-0.3, -0.25) is 9.59 Å². The molecule has 1 N–H and O–H groups in total. The van der Waals surface area contributed by atoms with Gasteiger partial charge in [0.25, 0.3) is 0 Å². The highest BCUT2D eigenvalue weighted by atomic mass is 79.9. The van der Waals surface area contributed by atoms with Gasteiger partial charge in [0.2, 0.25) is 11.8 Å². The maximum Gasteiger partial charge on any atom is 0.242 e. The van der Waals surface area contributed by atoms with E-state index in [9.17, 15) is 9.59 Å². The van der Waals surface area contributed by atoms with E-state index in [-0.39, 0.29) is 11.8 Å². The molecule has 0 heterocycles. The van der Waals surface area contributed by atoms with Gasteiger partial charge in [0.15, 0.2) is 0 Å². The fourth-order valence-electron chi connectivity index (χ4n) is 1.78. The summed E-state index contributed by atoms with van der Waals surface area (Å²) in [5.74, 6) is -0.182. The number of hydrogen-bond donors (Lipinski definition) is 1. The van der Waals surface area contributed by atoms with E-state index >= 15 is 0 Å². The molecule has 1 aromatic carbocycles. The molecule has 0 fully saturated rings. The molecule has 2 amide bonds. The van der Waals surface area contributed by atoms with Crippen LogP contribution in [-0.2, 0) is 16.1 Å². The van der Waals surface area contributed by atoms with E-state index in [0.717, 1.165) is 10.0 Å². The van der Waals surface area contributed by atoms with Crippen molar-refractivity contribution in [3.63, 3.8) is 0 Å². The molecular formula is C14H19BrN2O2. The average Bonchev–Trinajstić information content (AvgIpc) is 2.44. The lowest BCUT2D eigenvalue weighted by molar-refractivity contribution is -0.140. The topological polar surface area (TPSA) is 49.4 Å². The Hall–Kier alpha value is -1.36. The minimum atomic E-state index is -0.471. The Morgan fingerprint density at radius 3 is 2.37 bits per heavy atom. The molecule has 1 aromatic rings. The molecule has 0 radical (unpaired) electrons. The van der Waals surface area contributed by atoms with Crippen molar-refractivity contribution >= 4 is 27.7 Å². The quantitative estimate of drug-likeness (QED) is 0.902. The molecule has 0 saturated heterocycles. The van der Waals surface area contributed by atoms with Crippen LogP contribution in [0.15, 0.2) is 28.7 Å². The minimum absolute atomic E-state index is 0.0287. The van der Waals surface area contributed by atoms with Gasteiger partial charge in [-0.05, 0) is 24.6 Å². The number of nitrogens with one attached hydrogen (secondary N) is 1. The number of benzene rings is 1. The molecule has 4 nitrogen and oxygen atoms in total. The molecule has 0 aliphatic carbocycles. The predicted molar refractivity (Wildman–Crippen MR) is 78.5 cm³/mol. The van der Waals surface area contributed by atoms with Crippen LogP contribution < -0.4 is 5.32 Å². The highest BCUT2D eigenvalue weighted by molar-refractivity contribution is 9.10. The lowest BCUT2D eigenvalue weighted by Crippen LogP contribution is -2.46. The number of halogens is 1. The van der Waals surface area contributed by atoms with E-state index < -0.39 is 6.04 Å². The van der Waals surface area contributed by atoms with Gasteiger partial charge in [0.05, 0.1) is 0 Å². The van der Waals surface area contributed by atoms with Crippen molar-refractivity contribution in [3.05, 3.63) is 34.3 Å². The number of likely N-dealkylation sites (N-methyl/N-ethyl adjacent to an activating group) is 1. The molecule has 0 spiro atoms. The lowest BCUT2D eigenvalue weighted by atomic mass is 10.1. The van der Waals surface area contributed by atoms with Gasteiger partial charge in [-0.1, -0.05) is 35.0 Å². The molecule has 0 bridgehead atoms. The van der Waals surface area contributed by atoms with E-state index in [4.69, 9.17) is 0 Å². The van der Waals surface area contributed by atoms with Crippen molar-refractivity contribution in [1.82, 2.24) is 10.2 Å². The Kier molecular flexibility index (Phi) is 6.02. The summed E-state index contributed by atoms with van der Waals surface area (Å²) in [7, 11) is 1.58. The van der Waals surface area contributed by atoms with Crippen LogP contribution in [0.4, 0.5) is 0 Å². The zero-order valence-electron chi connectivity index (χ0n) is 11.4. The van der Waals surface area contributed by atoms with Crippen molar-refractivity contribution in [2.24, 2.45) is 0 Å². The van der Waals surface area contributed by atoms with Crippen LogP contribution in [0.5, 0.6) is 0 Å². The summed E-state index contributed by atoms with van der Waals surface area (Å²) in [4.78, 5) is 25.3. The van der Waals surface area contributed by atoms with E-state index in [2.05, 4.69) is 21.2 Å². The molecule has 0 unspecified atom stereocenters. The first-order valence-electron chi connectivity index (χ1n) is 6.25. The van der Waals surface area contributed by atoms with Crippen LogP contribution in [0, 0.1) is 0 Å². The predicted octanol–water partition coefficient (Wildman–Crippen LogP) is 2.32. The average molecular weight is 327 g/mol. The van der Waals surface area contributed by atoms with Crippen LogP contribution >= 0.6 is 15.9 Å². The Morgan fingerprint density at radius 1 is 1.32 bits per heavy atom. The second-order valence-corrected chi connectivity index (χ2v) is 5.21. The SMILES string of the molecule is CCC(=O)N(Cc1ccc(Br)cc1)[C@H](C)C(=O)NC. The zero-order valence-corrected chi connectivity index (χ0v) is 13.0. The summed E-state index contributed by atoms with van der Waals surface area (Å²) in [6.45, 7) is 3.98. The fraction of sp³-hybridized carbons (Fsp3) is 0.429. The number of amides is 2. The molecule has 0 aliphatic rings. The second-order valence-electron chi connectivity index (χ2n) is 4.29. The number of nitrogens with zero attached hydrogens (tertiary/aromatic N) is 1. The van der Waals surface area contributed by atoms with E-state index in [1.54, 1.807) is 25.8 Å². The Morgan fingerprint density at radius 2 is 1.89 bits per heavy atom. The first-order valence-corrected chi connectivity index (χ1v) is 7.04. The highest BCUT2D eigenvalue weighted by Gasteiger charge is 2.24. The molecule has 0 aliphatic heterocycles. The summed E-state index contributed by atoms with van der Waals surface area (Å²) in [6, 6.07) is 7.26. The molecule has 5 heteroatoms. The number of carbonyl (C=O) groups excluding carboxylic acids is 2. The third-order valence-corrected chi connectivity index (χ3v) is 3.51. The van der Waals surface area contributed by atoms with Crippen molar-refractivity contribution in [1.29, 1.82) is 0 Å². The third-order valence-electron chi connectivity index (χ3n) is 2.98. The van der Waals surface area contributed by atoms with E-state index in [1.807, 2.05) is 24.3 Å². The zero-order chi connectivity index (χ0) is 14.4. The van der Waals surface area contributed by atoms with E-state index in [1.165, 1.54) is 0 Å². The van der Waals surface area contributed by atoms with Crippen LogP contribution in [0.3, 0.4) is 0 Å². The summed E-state index contributed by atoms with van der Waals surface area (Å²) >= 11 is 3.37. The number of rotatable bonds is 5. The number of hydrogen-bond acceptors (Lipinski definition) is 2. The Labute approximate surface area is 122 Å². The van der Waals surface area contributed by atoms with Gasteiger partial charge in [-0.2, -0.15) is 0 Å². The smallest absolute Gasteiger partial charge is 0.242 e. The standard InChI is InChI=1S/C14H19BrN2O2/c1-4-13(18)17(10(2)14(19)16-3)9-11-5-7-12(15)8-6-11/h5-8,10H,4,9H2,1-3H3,(H,16,19)/t10-/m1/s1. The van der Waals surface area contributed by atoms with Gasteiger partial charge in [-0.25, -0.2) is 0 Å². The van der Waals surface area contributed by atoms with Crippen molar-refractivity contribution < 1.29 is 9.59 Å². The van der Waals surface area contributed by atoms with Crippen LogP contribution in [-0.4, -0.2) is 29.8 Å². The van der Waals surface area contributed by atoms with Gasteiger partial charge >= 0.3 is 0 Å². The van der Waals surface area contributed by atoms with Crippen molar-refractivity contribution in [2.45, 2.75) is 32.9 Å². The van der Waals surface area contributed by atoms with Gasteiger partial charge in [0, 0.05) is 24.5 Å². The van der Waals surface area contributed by atoms with Gasteiger partial charge < -0.3 is 10.2 Å². The molecule has 1 rings (SSSR count). The van der Waals surface area contributed by atoms with Crippen molar-refractivity contribution in [3.8, 4) is 0 Å².